The van der Waals surface area contributed by atoms with Crippen LogP contribution < -0.4 is 0 Å². The number of hydrogen-bond donors (Lipinski definition) is 0. The van der Waals surface area contributed by atoms with Crippen molar-refractivity contribution in [2.75, 3.05) is 0 Å². The van der Waals surface area contributed by atoms with Crippen LogP contribution in [0, 0.1) is 5.92 Å². The lowest BCUT2D eigenvalue weighted by molar-refractivity contribution is 0.396. The molecule has 1 heterocycles. The van der Waals surface area contributed by atoms with Crippen LogP contribution in [0.2, 0.25) is 0 Å². The van der Waals surface area contributed by atoms with Crippen LogP contribution in [0.5, 0.6) is 0 Å². The van der Waals surface area contributed by atoms with Gasteiger partial charge in [-0.15, -0.1) is 11.6 Å². The molecule has 13 heavy (non-hydrogen) atoms. The highest BCUT2D eigenvalue weighted by molar-refractivity contribution is 6.17. The molecule has 0 radical (unpaired) electrons. The number of hydrogen-bond acceptors (Lipinski definition) is 1. The zero-order valence-corrected chi connectivity index (χ0v) is 9.09. The fraction of sp³-hybridized carbons (Fsp3) is 0.700. The van der Waals surface area contributed by atoms with Gasteiger partial charge in [-0.25, -0.2) is 0 Å². The molecular weight excluding hydrogens is 184 g/mol. The van der Waals surface area contributed by atoms with Crippen LogP contribution in [-0.4, -0.2) is 9.78 Å². The Bertz CT molecular complexity index is 241. The molecule has 0 fully saturated rings. The molecule has 0 atom stereocenters. The smallest absolute Gasteiger partial charge is 0.0533 e. The molecule has 1 aromatic heterocycles. The highest BCUT2D eigenvalue weighted by Gasteiger charge is 2.05. The van der Waals surface area contributed by atoms with Gasteiger partial charge in [0.1, 0.15) is 0 Å². The lowest BCUT2D eigenvalue weighted by Crippen LogP contribution is -2.09. The molecule has 0 unspecified atom stereocenters. The molecule has 0 bridgehead atoms. The quantitative estimate of drug-likeness (QED) is 0.669. The van der Waals surface area contributed by atoms with Crippen molar-refractivity contribution in [2.45, 2.75) is 39.1 Å². The fourth-order valence-corrected chi connectivity index (χ4v) is 1.52. The third kappa shape index (κ3) is 3.03. The van der Waals surface area contributed by atoms with Crippen molar-refractivity contribution in [1.82, 2.24) is 9.78 Å². The monoisotopic (exact) mass is 200 g/mol. The van der Waals surface area contributed by atoms with Crippen molar-refractivity contribution >= 4 is 11.6 Å². The Kier molecular flexibility index (Phi) is 4.29. The van der Waals surface area contributed by atoms with Crippen molar-refractivity contribution in [3.8, 4) is 0 Å². The molecular formula is C10H17ClN2. The highest BCUT2D eigenvalue weighted by Crippen LogP contribution is 2.11. The number of aromatic nitrogens is 2. The fourth-order valence-electron chi connectivity index (χ4n) is 1.39. The van der Waals surface area contributed by atoms with E-state index in [1.54, 1.807) is 0 Å². The molecule has 3 heteroatoms. The van der Waals surface area contributed by atoms with Gasteiger partial charge in [0.15, 0.2) is 0 Å². The third-order valence-electron chi connectivity index (χ3n) is 2.44. The molecule has 0 aliphatic carbocycles. The minimum absolute atomic E-state index is 0.558. The first-order valence-corrected chi connectivity index (χ1v) is 5.40. The summed E-state index contributed by atoms with van der Waals surface area (Å²) in [5.74, 6) is 1.30. The summed E-state index contributed by atoms with van der Waals surface area (Å²) in [7, 11) is 0. The zero-order chi connectivity index (χ0) is 9.68. The molecule has 0 aromatic carbocycles. The third-order valence-corrected chi connectivity index (χ3v) is 2.75. The Hall–Kier alpha value is -0.500. The summed E-state index contributed by atoms with van der Waals surface area (Å²) < 4.78 is 2.00. The van der Waals surface area contributed by atoms with E-state index in [0.29, 0.717) is 5.88 Å². The van der Waals surface area contributed by atoms with E-state index in [0.717, 1.165) is 18.0 Å². The first-order chi connectivity index (χ1) is 6.30. The lowest BCUT2D eigenvalue weighted by Gasteiger charge is -2.11. The minimum atomic E-state index is 0.558. The van der Waals surface area contributed by atoms with Crippen LogP contribution in [0.3, 0.4) is 0 Å². The van der Waals surface area contributed by atoms with Crippen molar-refractivity contribution in [3.05, 3.63) is 18.0 Å². The summed E-state index contributed by atoms with van der Waals surface area (Å²) in [6, 6.07) is 0. The van der Waals surface area contributed by atoms with E-state index in [9.17, 15) is 0 Å². The molecule has 0 N–H and O–H groups in total. The maximum Gasteiger partial charge on any atom is 0.0533 e. The molecule has 0 saturated carbocycles. The normalized spacial score (nSPS) is 11.1. The largest absolute Gasteiger partial charge is 0.272 e. The predicted molar refractivity (Wildman–Crippen MR) is 55.9 cm³/mol. The summed E-state index contributed by atoms with van der Waals surface area (Å²) in [6.07, 6.45) is 6.31. The predicted octanol–water partition coefficient (Wildman–Crippen LogP) is 3.06. The van der Waals surface area contributed by atoms with E-state index >= 15 is 0 Å². The van der Waals surface area contributed by atoms with Gasteiger partial charge in [0.25, 0.3) is 0 Å². The van der Waals surface area contributed by atoms with Crippen LogP contribution in [0.1, 0.15) is 32.3 Å². The highest BCUT2D eigenvalue weighted by atomic mass is 35.5. The van der Waals surface area contributed by atoms with Gasteiger partial charge in [-0.2, -0.15) is 5.10 Å². The first kappa shape index (κ1) is 10.6. The van der Waals surface area contributed by atoms with Crippen molar-refractivity contribution in [2.24, 2.45) is 5.92 Å². The second kappa shape index (κ2) is 5.28. The maximum absolute atomic E-state index is 5.69. The molecule has 0 saturated heterocycles. The van der Waals surface area contributed by atoms with Gasteiger partial charge in [0.2, 0.25) is 0 Å². The van der Waals surface area contributed by atoms with Gasteiger partial charge < -0.3 is 0 Å². The molecule has 1 aromatic rings. The van der Waals surface area contributed by atoms with Crippen molar-refractivity contribution in [1.29, 1.82) is 0 Å². The topological polar surface area (TPSA) is 17.8 Å². The van der Waals surface area contributed by atoms with Gasteiger partial charge in [-0.3, -0.25) is 4.68 Å². The number of nitrogens with zero attached hydrogens (tertiary/aromatic N) is 2. The maximum atomic E-state index is 5.69. The molecule has 0 aliphatic heterocycles. The molecule has 0 amide bonds. The molecule has 0 aliphatic rings. The Balaban J connectivity index is 2.52. The van der Waals surface area contributed by atoms with Gasteiger partial charge in [0.05, 0.1) is 12.1 Å². The second-order valence-corrected chi connectivity index (χ2v) is 3.65. The van der Waals surface area contributed by atoms with Crippen LogP contribution in [0.15, 0.2) is 12.4 Å². The Morgan fingerprint density at radius 2 is 2.15 bits per heavy atom. The van der Waals surface area contributed by atoms with Gasteiger partial charge in [-0.1, -0.05) is 26.7 Å². The van der Waals surface area contributed by atoms with Crippen molar-refractivity contribution < 1.29 is 0 Å². The van der Waals surface area contributed by atoms with E-state index in [1.807, 2.05) is 17.1 Å². The van der Waals surface area contributed by atoms with Crippen LogP contribution >= 0.6 is 11.6 Å². The Morgan fingerprint density at radius 3 is 2.62 bits per heavy atom. The van der Waals surface area contributed by atoms with E-state index in [-0.39, 0.29) is 0 Å². The number of halogens is 1. The van der Waals surface area contributed by atoms with Crippen LogP contribution in [-0.2, 0) is 12.4 Å². The van der Waals surface area contributed by atoms with E-state index < -0.39 is 0 Å². The minimum Gasteiger partial charge on any atom is -0.272 e. The Morgan fingerprint density at radius 1 is 1.46 bits per heavy atom. The number of rotatable bonds is 5. The molecule has 2 nitrogen and oxygen atoms in total. The molecule has 0 spiro atoms. The van der Waals surface area contributed by atoms with E-state index in [2.05, 4.69) is 18.9 Å². The summed E-state index contributed by atoms with van der Waals surface area (Å²) in [5.41, 5.74) is 1.10. The lowest BCUT2D eigenvalue weighted by atomic mass is 10.0. The van der Waals surface area contributed by atoms with Crippen LogP contribution in [0.4, 0.5) is 0 Å². The summed E-state index contributed by atoms with van der Waals surface area (Å²) in [4.78, 5) is 0. The van der Waals surface area contributed by atoms with Gasteiger partial charge in [0, 0.05) is 18.3 Å². The second-order valence-electron chi connectivity index (χ2n) is 3.39. The van der Waals surface area contributed by atoms with Gasteiger partial charge >= 0.3 is 0 Å². The van der Waals surface area contributed by atoms with Crippen molar-refractivity contribution in [3.63, 3.8) is 0 Å². The van der Waals surface area contributed by atoms with E-state index in [1.165, 1.54) is 12.8 Å². The van der Waals surface area contributed by atoms with E-state index in [4.69, 9.17) is 11.6 Å². The Labute approximate surface area is 84.9 Å². The number of alkyl halides is 1. The average Bonchev–Trinajstić information content (AvgIpc) is 2.61. The van der Waals surface area contributed by atoms with Crippen LogP contribution in [0.25, 0.3) is 0 Å². The average molecular weight is 201 g/mol. The molecule has 1 rings (SSSR count). The SMILES string of the molecule is CCC(CC)Cn1cc(CCl)cn1. The van der Waals surface area contributed by atoms with Gasteiger partial charge in [-0.05, 0) is 5.92 Å². The first-order valence-electron chi connectivity index (χ1n) is 4.87. The summed E-state index contributed by atoms with van der Waals surface area (Å²) >= 11 is 5.69. The zero-order valence-electron chi connectivity index (χ0n) is 8.33. The summed E-state index contributed by atoms with van der Waals surface area (Å²) in [5, 5.41) is 4.25. The standard InChI is InChI=1S/C10H17ClN2/c1-3-9(4-2)7-13-8-10(5-11)6-12-13/h6,8-9H,3-5,7H2,1-2H3. The summed E-state index contributed by atoms with van der Waals surface area (Å²) in [6.45, 7) is 5.46. The molecule has 74 valence electrons.